The number of piperidine rings is 1. The highest BCUT2D eigenvalue weighted by molar-refractivity contribution is 4.94. The largest absolute Gasteiger partial charge is 0.393 e. The lowest BCUT2D eigenvalue weighted by atomic mass is 9.87. The van der Waals surface area contributed by atoms with Gasteiger partial charge in [-0.2, -0.15) is 0 Å². The Morgan fingerprint density at radius 1 is 1.26 bits per heavy atom. The smallest absolute Gasteiger partial charge is 0.0578 e. The fourth-order valence-electron chi connectivity index (χ4n) is 3.12. The highest BCUT2D eigenvalue weighted by Crippen LogP contribution is 2.32. The van der Waals surface area contributed by atoms with Crippen molar-refractivity contribution < 1.29 is 5.11 Å². The number of nitrogens with zero attached hydrogens (tertiary/aromatic N) is 1. The standard InChI is InChI=1S/C16H32N2O/c1-5-15(19)12-8-13(17-11-16(2,3)4)10-18(9-12)14-6-7-14/h12-15,17,19H,5-11H2,1-4H3. The van der Waals surface area contributed by atoms with E-state index < -0.39 is 0 Å². The minimum atomic E-state index is -0.125. The Labute approximate surface area is 118 Å². The van der Waals surface area contributed by atoms with Crippen LogP contribution in [0.2, 0.25) is 0 Å². The van der Waals surface area contributed by atoms with Gasteiger partial charge >= 0.3 is 0 Å². The van der Waals surface area contributed by atoms with Crippen molar-refractivity contribution in [1.82, 2.24) is 10.2 Å². The van der Waals surface area contributed by atoms with Crippen LogP contribution in [0.5, 0.6) is 0 Å². The number of rotatable bonds is 5. The van der Waals surface area contributed by atoms with E-state index in [-0.39, 0.29) is 6.10 Å². The van der Waals surface area contributed by atoms with Gasteiger partial charge in [0, 0.05) is 31.7 Å². The molecule has 3 atom stereocenters. The van der Waals surface area contributed by atoms with E-state index in [0.717, 1.165) is 32.0 Å². The van der Waals surface area contributed by atoms with E-state index in [1.54, 1.807) is 0 Å². The molecule has 3 nitrogen and oxygen atoms in total. The Hall–Kier alpha value is -0.120. The summed E-state index contributed by atoms with van der Waals surface area (Å²) < 4.78 is 0. The molecule has 2 aliphatic rings. The number of likely N-dealkylation sites (tertiary alicyclic amines) is 1. The van der Waals surface area contributed by atoms with E-state index in [9.17, 15) is 5.11 Å². The van der Waals surface area contributed by atoms with Gasteiger partial charge in [-0.15, -0.1) is 0 Å². The normalized spacial score (nSPS) is 31.4. The van der Waals surface area contributed by atoms with Crippen LogP contribution >= 0.6 is 0 Å². The first-order valence-electron chi connectivity index (χ1n) is 8.04. The molecule has 1 aliphatic heterocycles. The highest BCUT2D eigenvalue weighted by atomic mass is 16.3. The highest BCUT2D eigenvalue weighted by Gasteiger charge is 2.37. The van der Waals surface area contributed by atoms with Crippen LogP contribution in [0.1, 0.15) is 53.4 Å². The third-order valence-corrected chi connectivity index (χ3v) is 4.46. The van der Waals surface area contributed by atoms with E-state index >= 15 is 0 Å². The van der Waals surface area contributed by atoms with Gasteiger partial charge in [-0.25, -0.2) is 0 Å². The zero-order valence-electron chi connectivity index (χ0n) is 13.2. The summed E-state index contributed by atoms with van der Waals surface area (Å²) >= 11 is 0. The second-order valence-electron chi connectivity index (χ2n) is 7.79. The molecule has 0 bridgehead atoms. The van der Waals surface area contributed by atoms with Crippen LogP contribution in [-0.4, -0.2) is 47.8 Å². The van der Waals surface area contributed by atoms with Crippen molar-refractivity contribution in [2.45, 2.75) is 71.6 Å². The molecule has 0 spiro atoms. The quantitative estimate of drug-likeness (QED) is 0.803. The lowest BCUT2D eigenvalue weighted by molar-refractivity contribution is 0.0313. The average molecular weight is 268 g/mol. The van der Waals surface area contributed by atoms with Crippen molar-refractivity contribution in [2.24, 2.45) is 11.3 Å². The van der Waals surface area contributed by atoms with Gasteiger partial charge in [0.25, 0.3) is 0 Å². The van der Waals surface area contributed by atoms with Crippen molar-refractivity contribution in [3.05, 3.63) is 0 Å². The molecule has 19 heavy (non-hydrogen) atoms. The molecule has 1 saturated carbocycles. The summed E-state index contributed by atoms with van der Waals surface area (Å²) in [5.74, 6) is 0.455. The molecule has 3 unspecified atom stereocenters. The second kappa shape index (κ2) is 6.11. The summed E-state index contributed by atoms with van der Waals surface area (Å²) in [7, 11) is 0. The van der Waals surface area contributed by atoms with Crippen molar-refractivity contribution in [1.29, 1.82) is 0 Å². The van der Waals surface area contributed by atoms with Gasteiger partial charge in [0.1, 0.15) is 0 Å². The van der Waals surface area contributed by atoms with Crippen LogP contribution in [-0.2, 0) is 0 Å². The number of hydrogen-bond acceptors (Lipinski definition) is 3. The monoisotopic (exact) mass is 268 g/mol. The molecule has 2 rings (SSSR count). The van der Waals surface area contributed by atoms with Gasteiger partial charge in [-0.05, 0) is 37.0 Å². The van der Waals surface area contributed by atoms with Crippen LogP contribution in [0.15, 0.2) is 0 Å². The Kier molecular flexibility index (Phi) is 4.91. The Morgan fingerprint density at radius 3 is 2.47 bits per heavy atom. The first kappa shape index (κ1) is 15.3. The minimum absolute atomic E-state index is 0.125. The van der Waals surface area contributed by atoms with E-state index in [4.69, 9.17) is 0 Å². The van der Waals surface area contributed by atoms with Gasteiger partial charge < -0.3 is 10.4 Å². The summed E-state index contributed by atoms with van der Waals surface area (Å²) in [6, 6.07) is 1.37. The van der Waals surface area contributed by atoms with Crippen molar-refractivity contribution in [3.63, 3.8) is 0 Å². The van der Waals surface area contributed by atoms with E-state index in [1.165, 1.54) is 19.4 Å². The average Bonchev–Trinajstić information content (AvgIpc) is 3.18. The molecule has 0 aromatic heterocycles. The fourth-order valence-corrected chi connectivity index (χ4v) is 3.12. The van der Waals surface area contributed by atoms with Gasteiger partial charge in [-0.1, -0.05) is 27.7 Å². The summed E-state index contributed by atoms with van der Waals surface area (Å²) in [6.07, 6.45) is 4.62. The third-order valence-electron chi connectivity index (χ3n) is 4.46. The molecule has 112 valence electrons. The number of aliphatic hydroxyl groups excluding tert-OH is 1. The molecule has 1 heterocycles. The topological polar surface area (TPSA) is 35.5 Å². The third kappa shape index (κ3) is 4.73. The first-order valence-corrected chi connectivity index (χ1v) is 8.04. The SMILES string of the molecule is CCC(O)C1CC(NCC(C)(C)C)CN(C2CC2)C1. The molecule has 1 saturated heterocycles. The lowest BCUT2D eigenvalue weighted by Gasteiger charge is -2.41. The Bertz CT molecular complexity index is 283. The maximum absolute atomic E-state index is 10.2. The second-order valence-corrected chi connectivity index (χ2v) is 7.79. The zero-order chi connectivity index (χ0) is 14.0. The number of aliphatic hydroxyl groups is 1. The van der Waals surface area contributed by atoms with Crippen LogP contribution < -0.4 is 5.32 Å². The number of nitrogens with one attached hydrogen (secondary N) is 1. The predicted molar refractivity (Wildman–Crippen MR) is 80.2 cm³/mol. The van der Waals surface area contributed by atoms with E-state index in [0.29, 0.717) is 17.4 Å². The molecule has 0 amide bonds. The molecule has 0 radical (unpaired) electrons. The molecule has 0 aromatic rings. The van der Waals surface area contributed by atoms with Crippen LogP contribution in [0.4, 0.5) is 0 Å². The zero-order valence-corrected chi connectivity index (χ0v) is 13.2. The molecular weight excluding hydrogens is 236 g/mol. The predicted octanol–water partition coefficient (Wildman–Crippen LogP) is 2.25. The van der Waals surface area contributed by atoms with Crippen molar-refractivity contribution in [3.8, 4) is 0 Å². The Morgan fingerprint density at radius 2 is 1.95 bits per heavy atom. The summed E-state index contributed by atoms with van der Waals surface area (Å²) in [5, 5.41) is 13.9. The maximum atomic E-state index is 10.2. The van der Waals surface area contributed by atoms with Crippen molar-refractivity contribution >= 4 is 0 Å². The minimum Gasteiger partial charge on any atom is -0.393 e. The van der Waals surface area contributed by atoms with Crippen LogP contribution in [0.25, 0.3) is 0 Å². The van der Waals surface area contributed by atoms with Gasteiger partial charge in [0.15, 0.2) is 0 Å². The molecule has 2 N–H and O–H groups in total. The summed E-state index contributed by atoms with van der Waals surface area (Å²) in [4.78, 5) is 2.62. The van der Waals surface area contributed by atoms with E-state index in [2.05, 4.69) is 37.9 Å². The first-order chi connectivity index (χ1) is 8.89. The van der Waals surface area contributed by atoms with Crippen molar-refractivity contribution in [2.75, 3.05) is 19.6 Å². The van der Waals surface area contributed by atoms with E-state index in [1.807, 2.05) is 0 Å². The van der Waals surface area contributed by atoms with Crippen LogP contribution in [0, 0.1) is 11.3 Å². The van der Waals surface area contributed by atoms with Crippen LogP contribution in [0.3, 0.4) is 0 Å². The molecule has 3 heteroatoms. The Balaban J connectivity index is 1.90. The lowest BCUT2D eigenvalue weighted by Crippen LogP contribution is -2.53. The van der Waals surface area contributed by atoms with Gasteiger partial charge in [0.2, 0.25) is 0 Å². The molecule has 0 aromatic carbocycles. The maximum Gasteiger partial charge on any atom is 0.0578 e. The molecule has 1 aliphatic carbocycles. The van der Waals surface area contributed by atoms with Gasteiger partial charge in [-0.3, -0.25) is 4.90 Å². The summed E-state index contributed by atoms with van der Waals surface area (Å²) in [5.41, 5.74) is 0.334. The van der Waals surface area contributed by atoms with Gasteiger partial charge in [0.05, 0.1) is 6.10 Å². The fraction of sp³-hybridized carbons (Fsp3) is 1.00. The molecular formula is C16H32N2O. The summed E-state index contributed by atoms with van der Waals surface area (Å²) in [6.45, 7) is 12.3. The number of hydrogen-bond donors (Lipinski definition) is 2. The molecule has 2 fully saturated rings.